The molecule has 0 aliphatic heterocycles. The second-order valence-electron chi connectivity index (χ2n) is 28.2. The number of guanidine groups is 7. The quantitative estimate of drug-likeness (QED) is 0.00786. The maximum Gasteiger partial charge on any atom is 0.211 e. The lowest BCUT2D eigenvalue weighted by Gasteiger charge is -2.28. The van der Waals surface area contributed by atoms with E-state index in [4.69, 9.17) is 245 Å². The Kier molecular flexibility index (Phi) is 51.8. The van der Waals surface area contributed by atoms with Crippen molar-refractivity contribution in [3.63, 3.8) is 0 Å². The fourth-order valence-corrected chi connectivity index (χ4v) is 13.4. The van der Waals surface area contributed by atoms with Gasteiger partial charge in [-0.1, -0.05) is 303 Å². The van der Waals surface area contributed by atoms with Crippen molar-refractivity contribution in [3.05, 3.63) is 376 Å². The molecule has 0 aliphatic rings. The molecule has 742 valence electrons. The molecular formula is C96H101Cl12N25O8. The largest absolute Gasteiger partial charge is 0.495 e. The predicted octanol–water partition coefficient (Wildman–Crippen LogP) is 19.4. The molecule has 0 amide bonds. The first-order valence-corrected chi connectivity index (χ1v) is 45.7. The Morgan fingerprint density at radius 1 is 0.340 bits per heavy atom. The Morgan fingerprint density at radius 2 is 0.645 bits per heavy atom. The Bertz CT molecular complexity index is 6330. The number of nitrogens with one attached hydrogen (secondary N) is 3. The summed E-state index contributed by atoms with van der Waals surface area (Å²) in [6, 6.07) is 75.6. The summed E-state index contributed by atoms with van der Waals surface area (Å²) in [7, 11) is 4.77. The number of rotatable bonds is 33. The van der Waals surface area contributed by atoms with Crippen LogP contribution in [-0.2, 0) is 57.5 Å². The molecule has 1 atom stereocenters. The van der Waals surface area contributed by atoms with Crippen molar-refractivity contribution in [3.8, 4) is 40.2 Å². The summed E-state index contributed by atoms with van der Waals surface area (Å²) < 4.78 is 44.9. The van der Waals surface area contributed by atoms with E-state index in [1.807, 2.05) is 146 Å². The molecule has 0 fully saturated rings. The molecule has 12 aromatic rings. The van der Waals surface area contributed by atoms with Crippen LogP contribution in [0.4, 0.5) is 0 Å². The van der Waals surface area contributed by atoms with E-state index in [0.29, 0.717) is 162 Å². The molecule has 0 heterocycles. The summed E-state index contributed by atoms with van der Waals surface area (Å²) in [5.41, 5.74) is 71.6. The minimum absolute atomic E-state index is 0.0496. The van der Waals surface area contributed by atoms with Crippen LogP contribution in [0.25, 0.3) is 0 Å². The first-order chi connectivity index (χ1) is 67.5. The standard InChI is InChI=1S/C18H21Cl2N3O2.C16H16Cl2N4O2.C16H17Cl2N3O.C15H13Cl3N4O.C15H14Cl2N4O.C15H15ClN4O.CH5N3/c1-12(24-2)23(18(21)22)10-13-5-3-7-15(9-13)25-11-14-6-4-8-16(19)17(14)20;1-23-12-6-3-5-11(15(12)18)9-24-13-7-2-4-10(14(13)17)8-21-22-16(19)20;1-20-16(19)21-9-11-4-2-6-13(8-11)22-10-12-5-3-7-14(17)15(12)18;16-11-5-1-4-10(13(11)17)8-23-12-6-2-3-9(14(12)18)7-21-22-15(19)20;16-12-6-4-10(5-7-12)9-22-13-3-1-2-11(14(13)17)8-20-21-15(18)19;16-14-12(9-19-20-15(17)18)7-4-8-13(14)21-10-11-5-2-1-3-6-11;2-1(3)4/h3-9,12H,10-11H2,1-2H3,(H3,21,22);2-8H,9H2,1H3,(H4,19,20,22);2-8H,9-10H2,1H3,(H3,19,20,21);1-7H,8H2,(H4,19,20,22);1-8H,9H2,(H4,18,19,21);1-9H,10H2,(H4,17,18,20);(H5,2,3,4)/b;21-8+;;21-7+;20-8+;19-9+;. The van der Waals surface area contributed by atoms with Crippen molar-refractivity contribution in [2.75, 3.05) is 21.3 Å². The van der Waals surface area contributed by atoms with E-state index in [1.54, 1.807) is 135 Å². The number of benzene rings is 12. The molecule has 0 spiro atoms. The maximum absolute atomic E-state index is 7.69. The highest BCUT2D eigenvalue weighted by atomic mass is 35.5. The Balaban J connectivity index is 0.000000257. The number of nitrogens with two attached hydrogens (primary N) is 12. The first kappa shape index (κ1) is 116. The van der Waals surface area contributed by atoms with Gasteiger partial charge in [0, 0.05) is 76.8 Å². The fraction of sp³-hybridized carbons (Fsp3) is 0.135. The van der Waals surface area contributed by atoms with E-state index in [0.717, 1.165) is 50.3 Å². The summed E-state index contributed by atoms with van der Waals surface area (Å²) >= 11 is 73.6. The minimum atomic E-state index is -0.333. The van der Waals surface area contributed by atoms with Crippen molar-refractivity contribution in [1.82, 2.24) is 10.2 Å². The molecule has 1 unspecified atom stereocenters. The van der Waals surface area contributed by atoms with Gasteiger partial charge in [0.25, 0.3) is 0 Å². The van der Waals surface area contributed by atoms with Crippen molar-refractivity contribution in [1.29, 1.82) is 10.8 Å². The third-order valence-corrected chi connectivity index (χ3v) is 22.7. The molecule has 27 N–H and O–H groups in total. The average molecular weight is 2160 g/mol. The molecule has 0 bridgehead atoms. The highest BCUT2D eigenvalue weighted by Gasteiger charge is 2.18. The Labute approximate surface area is 875 Å². The molecule has 0 aliphatic carbocycles. The van der Waals surface area contributed by atoms with Crippen LogP contribution < -0.4 is 107 Å². The third-order valence-electron chi connectivity index (χ3n) is 17.9. The molecule has 45 heteroatoms. The smallest absolute Gasteiger partial charge is 0.211 e. The van der Waals surface area contributed by atoms with Gasteiger partial charge in [-0.15, -0.1) is 20.4 Å². The molecule has 33 nitrogen and oxygen atoms in total. The lowest BCUT2D eigenvalue weighted by Crippen LogP contribution is -2.43. The molecule has 0 saturated carbocycles. The van der Waals surface area contributed by atoms with Crippen LogP contribution in [0.1, 0.15) is 73.7 Å². The number of hydrogen-bond donors (Lipinski definition) is 15. The highest BCUT2D eigenvalue weighted by molar-refractivity contribution is 6.44. The van der Waals surface area contributed by atoms with Crippen LogP contribution in [0.3, 0.4) is 0 Å². The summed E-state index contributed by atoms with van der Waals surface area (Å²) in [4.78, 5) is 5.49. The van der Waals surface area contributed by atoms with Gasteiger partial charge in [0.2, 0.25) is 23.8 Å². The zero-order valence-corrected chi connectivity index (χ0v) is 85.0. The van der Waals surface area contributed by atoms with E-state index in [-0.39, 0.29) is 55.2 Å². The van der Waals surface area contributed by atoms with Crippen LogP contribution in [0.5, 0.6) is 40.2 Å². The number of hydrogen-bond acceptors (Lipinski definition) is 19. The summed E-state index contributed by atoms with van der Waals surface area (Å²) in [6.07, 6.45) is 5.50. The van der Waals surface area contributed by atoms with Gasteiger partial charge in [-0.3, -0.25) is 15.8 Å². The van der Waals surface area contributed by atoms with Crippen LogP contribution >= 0.6 is 139 Å². The molecule has 0 aromatic heterocycles. The first-order valence-electron chi connectivity index (χ1n) is 41.1. The van der Waals surface area contributed by atoms with Crippen molar-refractivity contribution < 1.29 is 37.9 Å². The van der Waals surface area contributed by atoms with E-state index in [2.05, 4.69) is 62.6 Å². The van der Waals surface area contributed by atoms with Gasteiger partial charge in [-0.05, 0) is 114 Å². The van der Waals surface area contributed by atoms with E-state index in [1.165, 1.54) is 24.9 Å². The van der Waals surface area contributed by atoms with Crippen LogP contribution in [-0.4, -0.2) is 99.0 Å². The summed E-state index contributed by atoms with van der Waals surface area (Å²) in [5, 5.41) is 51.6. The Hall–Kier alpha value is -13.8. The van der Waals surface area contributed by atoms with E-state index >= 15 is 0 Å². The second kappa shape index (κ2) is 63.0. The SMILES string of the molecule is CN=C(N)NCc1cccc(OCc2cccc(Cl)c2Cl)c1.COC(C)N(Cc1cccc(OCc2cccc(Cl)c2Cl)c1)C(=N)N.COc1cccc(COc2cccc(/C=N/N=C(N)N)c2Cl)c1Cl.N=C(N)N.NC(N)=N/N=C/c1cccc(OCc2ccc(Cl)cc2)c1Cl.NC(N)=N/N=C/c1cccc(OCc2cccc(Cl)c2Cl)c1Cl.NC(N)=N/N=C/c1cccc(OCc2ccccc2)c1Cl. The Morgan fingerprint density at radius 3 is 0.993 bits per heavy atom. The zero-order chi connectivity index (χ0) is 103. The van der Waals surface area contributed by atoms with Crippen molar-refractivity contribution in [2.24, 2.45) is 115 Å². The van der Waals surface area contributed by atoms with Gasteiger partial charge in [-0.25, -0.2) is 0 Å². The molecular weight excluding hydrogens is 2060 g/mol. The topological polar surface area (TPSA) is 560 Å². The van der Waals surface area contributed by atoms with Gasteiger partial charge in [0.05, 0.1) is 87.2 Å². The monoisotopic (exact) mass is 2150 g/mol. The number of aliphatic imine (C=N–C) groups is 1. The van der Waals surface area contributed by atoms with Crippen LogP contribution in [0.15, 0.2) is 295 Å². The van der Waals surface area contributed by atoms with Crippen molar-refractivity contribution in [2.45, 2.75) is 65.9 Å². The lowest BCUT2D eigenvalue weighted by atomic mass is 10.2. The van der Waals surface area contributed by atoms with E-state index in [9.17, 15) is 0 Å². The number of halogens is 12. The molecule has 0 saturated heterocycles. The maximum atomic E-state index is 7.69. The van der Waals surface area contributed by atoms with Gasteiger partial charge in [0.15, 0.2) is 17.9 Å². The van der Waals surface area contributed by atoms with Gasteiger partial charge in [0.1, 0.15) is 86.1 Å². The van der Waals surface area contributed by atoms with Crippen molar-refractivity contribution >= 4 is 206 Å². The van der Waals surface area contributed by atoms with Gasteiger partial charge >= 0.3 is 0 Å². The fourth-order valence-electron chi connectivity index (χ4n) is 11.0. The van der Waals surface area contributed by atoms with Gasteiger partial charge in [-0.2, -0.15) is 20.4 Å². The van der Waals surface area contributed by atoms with Crippen LogP contribution in [0.2, 0.25) is 60.3 Å². The van der Waals surface area contributed by atoms with E-state index < -0.39 is 0 Å². The lowest BCUT2D eigenvalue weighted by molar-refractivity contribution is 0.0171. The average Bonchev–Trinajstić information content (AvgIpc) is 0.842. The number of methoxy groups -OCH3 is 2. The molecule has 0 radical (unpaired) electrons. The second-order valence-corrected chi connectivity index (χ2v) is 32.9. The predicted molar refractivity (Wildman–Crippen MR) is 578 cm³/mol. The van der Waals surface area contributed by atoms with Crippen LogP contribution in [0, 0.1) is 10.8 Å². The zero-order valence-electron chi connectivity index (χ0n) is 75.9. The third kappa shape index (κ3) is 42.9. The highest BCUT2D eigenvalue weighted by Crippen LogP contribution is 2.36. The summed E-state index contributed by atoms with van der Waals surface area (Å²) in [6.45, 7) is 4.82. The molecule has 12 aromatic carbocycles. The van der Waals surface area contributed by atoms with Gasteiger partial charge < -0.3 is 117 Å². The number of nitrogens with zero attached hydrogens (tertiary/aromatic N) is 10. The minimum Gasteiger partial charge on any atom is -0.495 e. The molecule has 12 rings (SSSR count). The normalized spacial score (nSPS) is 10.8. The number of ether oxygens (including phenoxy) is 8. The summed E-state index contributed by atoms with van der Waals surface area (Å²) in [5.74, 6) is 3.64. The molecule has 141 heavy (non-hydrogen) atoms.